The number of aliphatic imine (C=N–C) groups is 1. The predicted octanol–water partition coefficient (Wildman–Crippen LogP) is 3.59. The highest BCUT2D eigenvalue weighted by molar-refractivity contribution is 6.53. The Bertz CT molecular complexity index is 813. The average Bonchev–Trinajstić information content (AvgIpc) is 2.57. The summed E-state index contributed by atoms with van der Waals surface area (Å²) in [5.41, 5.74) is 2.80. The fourth-order valence-electron chi connectivity index (χ4n) is 3.00. The minimum Gasteiger partial charge on any atom is -0.618 e. The minimum absolute atomic E-state index is 0.531. The van der Waals surface area contributed by atoms with Gasteiger partial charge in [-0.05, 0) is 24.6 Å². The first-order chi connectivity index (χ1) is 10.8. The SMILES string of the molecule is [O-][N+]1=C(c2ccccc2Cl)C2=NCCCN2c2ccccc21. The van der Waals surface area contributed by atoms with Crippen LogP contribution in [0.25, 0.3) is 0 Å². The quantitative estimate of drug-likeness (QED) is 0.596. The second kappa shape index (κ2) is 5.14. The van der Waals surface area contributed by atoms with Crippen molar-refractivity contribution in [3.63, 3.8) is 0 Å². The van der Waals surface area contributed by atoms with E-state index in [2.05, 4.69) is 9.89 Å². The van der Waals surface area contributed by atoms with E-state index >= 15 is 0 Å². The zero-order valence-corrected chi connectivity index (χ0v) is 12.6. The van der Waals surface area contributed by atoms with E-state index in [0.29, 0.717) is 22.3 Å². The highest BCUT2D eigenvalue weighted by Gasteiger charge is 2.37. The first kappa shape index (κ1) is 13.3. The molecule has 0 unspecified atom stereocenters. The first-order valence-electron chi connectivity index (χ1n) is 7.28. The van der Waals surface area contributed by atoms with Gasteiger partial charge < -0.3 is 10.1 Å². The molecule has 4 nitrogen and oxygen atoms in total. The third kappa shape index (κ3) is 1.91. The van der Waals surface area contributed by atoms with E-state index < -0.39 is 0 Å². The van der Waals surface area contributed by atoms with Crippen LogP contribution in [0.5, 0.6) is 0 Å². The van der Waals surface area contributed by atoms with Crippen molar-refractivity contribution in [3.8, 4) is 0 Å². The maximum Gasteiger partial charge on any atom is 0.268 e. The minimum atomic E-state index is 0.531. The van der Waals surface area contributed by atoms with Crippen LogP contribution in [0.4, 0.5) is 11.4 Å². The molecular weight excluding hydrogens is 298 g/mol. The average molecular weight is 312 g/mol. The van der Waals surface area contributed by atoms with Crippen LogP contribution in [0.2, 0.25) is 5.02 Å². The van der Waals surface area contributed by atoms with Crippen molar-refractivity contribution in [1.82, 2.24) is 0 Å². The fourth-order valence-corrected chi connectivity index (χ4v) is 3.23. The second-order valence-corrected chi connectivity index (χ2v) is 5.73. The zero-order valence-electron chi connectivity index (χ0n) is 11.9. The van der Waals surface area contributed by atoms with Gasteiger partial charge in [0.25, 0.3) is 5.71 Å². The Kier molecular flexibility index (Phi) is 3.12. The lowest BCUT2D eigenvalue weighted by atomic mass is 10.0. The van der Waals surface area contributed by atoms with Crippen molar-refractivity contribution in [1.29, 1.82) is 0 Å². The van der Waals surface area contributed by atoms with E-state index in [4.69, 9.17) is 11.6 Å². The van der Waals surface area contributed by atoms with Gasteiger partial charge in [-0.3, -0.25) is 4.99 Å². The highest BCUT2D eigenvalue weighted by atomic mass is 35.5. The molecule has 0 atom stereocenters. The van der Waals surface area contributed by atoms with Gasteiger partial charge in [0.2, 0.25) is 11.5 Å². The van der Waals surface area contributed by atoms with Gasteiger partial charge in [0.15, 0.2) is 0 Å². The van der Waals surface area contributed by atoms with Crippen LogP contribution < -0.4 is 4.90 Å². The molecule has 110 valence electrons. The summed E-state index contributed by atoms with van der Waals surface area (Å²) < 4.78 is 0.956. The molecule has 0 saturated heterocycles. The molecule has 2 aliphatic heterocycles. The van der Waals surface area contributed by atoms with Gasteiger partial charge >= 0.3 is 0 Å². The molecule has 0 spiro atoms. The molecule has 0 N–H and O–H groups in total. The lowest BCUT2D eigenvalue weighted by Crippen LogP contribution is -2.46. The van der Waals surface area contributed by atoms with Gasteiger partial charge in [-0.1, -0.05) is 35.9 Å². The van der Waals surface area contributed by atoms with Crippen molar-refractivity contribution in [3.05, 3.63) is 64.3 Å². The standard InChI is InChI=1S/C17H14ClN3O/c18-13-7-2-1-6-12(13)16-17-19-10-5-11-20(17)14-8-3-4-9-15(14)21(16)22/h1-4,6-9H,5,10-11H2. The summed E-state index contributed by atoms with van der Waals surface area (Å²) in [6.45, 7) is 1.59. The Balaban J connectivity index is 2.03. The molecule has 2 aromatic carbocycles. The van der Waals surface area contributed by atoms with Crippen molar-refractivity contribution >= 4 is 34.5 Å². The molecule has 0 saturated carbocycles. The zero-order chi connectivity index (χ0) is 15.1. The molecule has 2 heterocycles. The summed E-state index contributed by atoms with van der Waals surface area (Å²) in [7, 11) is 0. The maximum atomic E-state index is 12.9. The van der Waals surface area contributed by atoms with E-state index in [1.165, 1.54) is 0 Å². The predicted molar refractivity (Wildman–Crippen MR) is 89.6 cm³/mol. The van der Waals surface area contributed by atoms with Crippen molar-refractivity contribution in [2.75, 3.05) is 18.0 Å². The van der Waals surface area contributed by atoms with Gasteiger partial charge in [-0.25, -0.2) is 0 Å². The van der Waals surface area contributed by atoms with Crippen LogP contribution in [-0.4, -0.2) is 29.4 Å². The molecule has 5 heteroatoms. The van der Waals surface area contributed by atoms with Crippen LogP contribution in [0.3, 0.4) is 0 Å². The van der Waals surface area contributed by atoms with Crippen LogP contribution in [0.15, 0.2) is 53.5 Å². The number of benzene rings is 2. The number of halogens is 1. The first-order valence-corrected chi connectivity index (χ1v) is 7.65. The third-order valence-corrected chi connectivity index (χ3v) is 4.32. The van der Waals surface area contributed by atoms with Gasteiger partial charge in [-0.15, -0.1) is 0 Å². The molecule has 22 heavy (non-hydrogen) atoms. The lowest BCUT2D eigenvalue weighted by Gasteiger charge is -2.33. The fraction of sp³-hybridized carbons (Fsp3) is 0.176. The summed E-state index contributed by atoms with van der Waals surface area (Å²) in [5, 5.41) is 13.5. The number of hydrogen-bond acceptors (Lipinski definition) is 3. The molecule has 0 bridgehead atoms. The number of rotatable bonds is 1. The smallest absolute Gasteiger partial charge is 0.268 e. The number of anilines is 1. The summed E-state index contributed by atoms with van der Waals surface area (Å²) in [4.78, 5) is 6.72. The Morgan fingerprint density at radius 2 is 1.86 bits per heavy atom. The Labute approximate surface area is 133 Å². The summed E-state index contributed by atoms with van der Waals surface area (Å²) in [6.07, 6.45) is 0.979. The van der Waals surface area contributed by atoms with Crippen molar-refractivity contribution < 1.29 is 4.74 Å². The van der Waals surface area contributed by atoms with Gasteiger partial charge in [0, 0.05) is 19.2 Å². The Morgan fingerprint density at radius 1 is 1.09 bits per heavy atom. The topological polar surface area (TPSA) is 41.7 Å². The van der Waals surface area contributed by atoms with Crippen molar-refractivity contribution in [2.45, 2.75) is 6.42 Å². The number of hydrogen-bond donors (Lipinski definition) is 0. The molecule has 0 fully saturated rings. The van der Waals surface area contributed by atoms with Crippen LogP contribution >= 0.6 is 11.6 Å². The van der Waals surface area contributed by atoms with E-state index in [1.54, 1.807) is 6.07 Å². The molecular formula is C17H14ClN3O. The highest BCUT2D eigenvalue weighted by Crippen LogP contribution is 2.35. The third-order valence-electron chi connectivity index (χ3n) is 3.99. The van der Waals surface area contributed by atoms with Crippen LogP contribution in [0, 0.1) is 5.21 Å². The Hall–Kier alpha value is -2.33. The molecule has 0 aromatic heterocycles. The van der Waals surface area contributed by atoms with Crippen LogP contribution in [0.1, 0.15) is 12.0 Å². The Morgan fingerprint density at radius 3 is 2.73 bits per heavy atom. The summed E-state index contributed by atoms with van der Waals surface area (Å²) in [5.74, 6) is 0.716. The number of fused-ring (bicyclic) bond motifs is 3. The molecule has 2 aromatic rings. The monoisotopic (exact) mass is 311 g/mol. The van der Waals surface area contributed by atoms with Gasteiger partial charge in [0.05, 0.1) is 10.6 Å². The van der Waals surface area contributed by atoms with Gasteiger partial charge in [0.1, 0.15) is 5.69 Å². The van der Waals surface area contributed by atoms with Gasteiger partial charge in [-0.2, -0.15) is 4.74 Å². The molecule has 4 rings (SSSR count). The number of para-hydroxylation sites is 2. The summed E-state index contributed by atoms with van der Waals surface area (Å²) >= 11 is 6.32. The molecule has 0 aliphatic carbocycles. The summed E-state index contributed by atoms with van der Waals surface area (Å²) in [6, 6.07) is 15.0. The van der Waals surface area contributed by atoms with Crippen LogP contribution in [-0.2, 0) is 0 Å². The second-order valence-electron chi connectivity index (χ2n) is 5.32. The lowest BCUT2D eigenvalue weighted by molar-refractivity contribution is -0.358. The molecule has 2 aliphatic rings. The van der Waals surface area contributed by atoms with Crippen molar-refractivity contribution in [2.24, 2.45) is 4.99 Å². The normalized spacial score (nSPS) is 17.0. The van der Waals surface area contributed by atoms with E-state index in [9.17, 15) is 5.21 Å². The number of amidine groups is 1. The maximum absolute atomic E-state index is 12.9. The van der Waals surface area contributed by atoms with E-state index in [-0.39, 0.29) is 0 Å². The van der Waals surface area contributed by atoms with E-state index in [0.717, 1.165) is 35.5 Å². The molecule has 0 radical (unpaired) electrons. The van der Waals surface area contributed by atoms with E-state index in [1.807, 2.05) is 42.5 Å². The number of nitrogens with zero attached hydrogens (tertiary/aromatic N) is 3. The molecule has 0 amide bonds. The largest absolute Gasteiger partial charge is 0.618 e.